The lowest BCUT2D eigenvalue weighted by molar-refractivity contribution is -0.120. The number of amides is 1. The van der Waals surface area contributed by atoms with E-state index in [1.165, 1.54) is 5.56 Å². The lowest BCUT2D eigenvalue weighted by atomic mass is 10.0. The van der Waals surface area contributed by atoms with Crippen LogP contribution in [0.4, 0.5) is 5.69 Å². The fraction of sp³-hybridized carbons (Fsp3) is 0.588. The summed E-state index contributed by atoms with van der Waals surface area (Å²) < 4.78 is 0. The van der Waals surface area contributed by atoms with Crippen molar-refractivity contribution in [1.82, 2.24) is 10.2 Å². The molecule has 21 heavy (non-hydrogen) atoms. The van der Waals surface area contributed by atoms with E-state index in [1.807, 2.05) is 14.1 Å². The van der Waals surface area contributed by atoms with Crippen molar-refractivity contribution in [3.05, 3.63) is 29.8 Å². The van der Waals surface area contributed by atoms with Gasteiger partial charge in [0.1, 0.15) is 0 Å². The van der Waals surface area contributed by atoms with Crippen molar-refractivity contribution in [3.63, 3.8) is 0 Å². The van der Waals surface area contributed by atoms with E-state index in [2.05, 4.69) is 53.6 Å². The summed E-state index contributed by atoms with van der Waals surface area (Å²) in [7, 11) is 4.08. The van der Waals surface area contributed by atoms with Crippen LogP contribution in [-0.4, -0.2) is 44.5 Å². The molecule has 0 aromatic heterocycles. The molecule has 0 saturated heterocycles. The molecule has 4 nitrogen and oxygen atoms in total. The number of hydrogen-bond donors (Lipinski definition) is 2. The van der Waals surface area contributed by atoms with Gasteiger partial charge in [-0.25, -0.2) is 0 Å². The molecular weight excluding hydrogens is 262 g/mol. The van der Waals surface area contributed by atoms with E-state index >= 15 is 0 Å². The highest BCUT2D eigenvalue weighted by atomic mass is 16.1. The zero-order chi connectivity index (χ0) is 15.7. The highest BCUT2D eigenvalue weighted by molar-refractivity contribution is 5.76. The first-order chi connectivity index (χ1) is 9.99. The summed E-state index contributed by atoms with van der Waals surface area (Å²) in [6.07, 6.45) is 1.50. The molecule has 1 rings (SSSR count). The Bertz CT molecular complexity index is 413. The normalized spacial score (nSPS) is 11.0. The van der Waals surface area contributed by atoms with Crippen molar-refractivity contribution in [3.8, 4) is 0 Å². The van der Waals surface area contributed by atoms with E-state index in [0.717, 1.165) is 25.2 Å². The summed E-state index contributed by atoms with van der Waals surface area (Å²) in [4.78, 5) is 13.8. The van der Waals surface area contributed by atoms with Gasteiger partial charge in [0.15, 0.2) is 0 Å². The molecule has 0 bridgehead atoms. The van der Waals surface area contributed by atoms with Crippen LogP contribution >= 0.6 is 0 Å². The third-order valence-corrected chi connectivity index (χ3v) is 3.36. The van der Waals surface area contributed by atoms with Crippen LogP contribution < -0.4 is 10.6 Å². The number of nitrogens with one attached hydrogen (secondary N) is 2. The van der Waals surface area contributed by atoms with Crippen molar-refractivity contribution in [1.29, 1.82) is 0 Å². The Morgan fingerprint density at radius 3 is 2.38 bits per heavy atom. The maximum absolute atomic E-state index is 11.7. The van der Waals surface area contributed by atoms with Gasteiger partial charge in [-0.05, 0) is 50.7 Å². The fourth-order valence-corrected chi connectivity index (χ4v) is 2.02. The predicted molar refractivity (Wildman–Crippen MR) is 89.8 cm³/mol. The molecule has 118 valence electrons. The van der Waals surface area contributed by atoms with Gasteiger partial charge in [-0.3, -0.25) is 4.79 Å². The van der Waals surface area contributed by atoms with Gasteiger partial charge >= 0.3 is 0 Å². The zero-order valence-corrected chi connectivity index (χ0v) is 13.8. The first-order valence-electron chi connectivity index (χ1n) is 7.74. The lowest BCUT2D eigenvalue weighted by Gasteiger charge is -2.11. The fourth-order valence-electron chi connectivity index (χ4n) is 2.02. The summed E-state index contributed by atoms with van der Waals surface area (Å²) >= 11 is 0. The van der Waals surface area contributed by atoms with Gasteiger partial charge in [-0.1, -0.05) is 26.0 Å². The van der Waals surface area contributed by atoms with Crippen molar-refractivity contribution >= 4 is 11.6 Å². The smallest absolute Gasteiger partial charge is 0.221 e. The molecule has 2 N–H and O–H groups in total. The molecule has 1 amide bonds. The number of carbonyl (C=O) groups excluding carboxylic acids is 1. The van der Waals surface area contributed by atoms with Gasteiger partial charge < -0.3 is 15.5 Å². The average Bonchev–Trinajstić information content (AvgIpc) is 2.44. The quantitative estimate of drug-likeness (QED) is 0.688. The molecule has 1 aromatic carbocycles. The minimum atomic E-state index is 0.111. The monoisotopic (exact) mass is 291 g/mol. The summed E-state index contributed by atoms with van der Waals surface area (Å²) in [6, 6.07) is 8.41. The summed E-state index contributed by atoms with van der Waals surface area (Å²) in [6.45, 7) is 6.79. The number of rotatable bonds is 9. The molecule has 0 heterocycles. The molecule has 0 fully saturated rings. The third-order valence-electron chi connectivity index (χ3n) is 3.36. The van der Waals surface area contributed by atoms with Crippen LogP contribution in [0, 0.1) is 0 Å². The SMILES string of the molecule is CC(C)c1ccc(NCCC(=O)NCCCN(C)C)cc1. The second kappa shape index (κ2) is 9.40. The number of anilines is 1. The molecule has 0 saturated carbocycles. The van der Waals surface area contributed by atoms with E-state index in [0.29, 0.717) is 18.9 Å². The number of hydrogen-bond acceptors (Lipinski definition) is 3. The Kier molecular flexibility index (Phi) is 7.83. The van der Waals surface area contributed by atoms with Gasteiger partial charge in [-0.15, -0.1) is 0 Å². The Hall–Kier alpha value is -1.55. The van der Waals surface area contributed by atoms with Gasteiger partial charge in [0.05, 0.1) is 0 Å². The predicted octanol–water partition coefficient (Wildman–Crippen LogP) is 2.68. The van der Waals surface area contributed by atoms with Crippen LogP contribution in [0.3, 0.4) is 0 Å². The van der Waals surface area contributed by atoms with Crippen LogP contribution in [0.25, 0.3) is 0 Å². The lowest BCUT2D eigenvalue weighted by Crippen LogP contribution is -2.28. The molecule has 0 atom stereocenters. The molecule has 0 radical (unpaired) electrons. The van der Waals surface area contributed by atoms with E-state index in [9.17, 15) is 4.79 Å². The minimum Gasteiger partial charge on any atom is -0.385 e. The van der Waals surface area contributed by atoms with Gasteiger partial charge in [0, 0.05) is 25.2 Å². The van der Waals surface area contributed by atoms with E-state index in [-0.39, 0.29) is 5.91 Å². The highest BCUT2D eigenvalue weighted by Gasteiger charge is 2.02. The van der Waals surface area contributed by atoms with E-state index < -0.39 is 0 Å². The Morgan fingerprint density at radius 2 is 1.81 bits per heavy atom. The summed E-state index contributed by atoms with van der Waals surface area (Å²) in [5.74, 6) is 0.659. The molecular formula is C17H29N3O. The molecule has 0 aliphatic rings. The standard InChI is InChI=1S/C17H29N3O/c1-14(2)15-6-8-16(9-7-15)18-12-10-17(21)19-11-5-13-20(3)4/h6-9,14,18H,5,10-13H2,1-4H3,(H,19,21). The second-order valence-electron chi connectivity index (χ2n) is 5.96. The van der Waals surface area contributed by atoms with Crippen LogP contribution in [0.2, 0.25) is 0 Å². The molecule has 0 spiro atoms. The molecule has 4 heteroatoms. The zero-order valence-electron chi connectivity index (χ0n) is 13.8. The molecule has 0 unspecified atom stereocenters. The van der Waals surface area contributed by atoms with Crippen molar-refractivity contribution in [2.45, 2.75) is 32.6 Å². The Balaban J connectivity index is 2.16. The van der Waals surface area contributed by atoms with Gasteiger partial charge in [0.25, 0.3) is 0 Å². The van der Waals surface area contributed by atoms with Crippen molar-refractivity contribution in [2.75, 3.05) is 39.0 Å². The molecule has 1 aromatic rings. The first kappa shape index (κ1) is 17.5. The maximum Gasteiger partial charge on any atom is 0.221 e. The van der Waals surface area contributed by atoms with Gasteiger partial charge in [-0.2, -0.15) is 0 Å². The second-order valence-corrected chi connectivity index (χ2v) is 5.96. The Morgan fingerprint density at radius 1 is 1.14 bits per heavy atom. The third kappa shape index (κ3) is 7.71. The average molecular weight is 291 g/mol. The number of carbonyl (C=O) groups is 1. The molecule has 0 aliphatic carbocycles. The van der Waals surface area contributed by atoms with Crippen LogP contribution in [0.15, 0.2) is 24.3 Å². The molecule has 0 aliphatic heterocycles. The van der Waals surface area contributed by atoms with Gasteiger partial charge in [0.2, 0.25) is 5.91 Å². The number of nitrogens with zero attached hydrogens (tertiary/aromatic N) is 1. The van der Waals surface area contributed by atoms with Crippen LogP contribution in [0.1, 0.15) is 38.2 Å². The van der Waals surface area contributed by atoms with Crippen LogP contribution in [-0.2, 0) is 4.79 Å². The van der Waals surface area contributed by atoms with Crippen molar-refractivity contribution < 1.29 is 4.79 Å². The summed E-state index contributed by atoms with van der Waals surface area (Å²) in [5.41, 5.74) is 2.40. The van der Waals surface area contributed by atoms with E-state index in [1.54, 1.807) is 0 Å². The Labute approximate surface area is 128 Å². The van der Waals surface area contributed by atoms with Crippen LogP contribution in [0.5, 0.6) is 0 Å². The van der Waals surface area contributed by atoms with Crippen molar-refractivity contribution in [2.24, 2.45) is 0 Å². The maximum atomic E-state index is 11.7. The highest BCUT2D eigenvalue weighted by Crippen LogP contribution is 2.16. The summed E-state index contributed by atoms with van der Waals surface area (Å²) in [5, 5.41) is 6.22. The largest absolute Gasteiger partial charge is 0.385 e. The first-order valence-corrected chi connectivity index (χ1v) is 7.74. The number of benzene rings is 1. The minimum absolute atomic E-state index is 0.111. The van der Waals surface area contributed by atoms with E-state index in [4.69, 9.17) is 0 Å². The topological polar surface area (TPSA) is 44.4 Å².